The highest BCUT2D eigenvalue weighted by Crippen LogP contribution is 2.16. The van der Waals surface area contributed by atoms with Crippen molar-refractivity contribution in [2.45, 2.75) is 6.42 Å². The maximum absolute atomic E-state index is 13.1. The van der Waals surface area contributed by atoms with Crippen LogP contribution in [0.25, 0.3) is 0 Å². The van der Waals surface area contributed by atoms with Crippen LogP contribution in [0.4, 0.5) is 14.5 Å². The average Bonchev–Trinajstić information content (AvgIpc) is 2.38. The summed E-state index contributed by atoms with van der Waals surface area (Å²) in [7, 11) is 0. The standard InChI is InChI=1S/C15H14F2N2O/c16-11-7-12(17)9-13(8-11)19-15(20)14-4-2-1-3-10(14)5-6-18/h1-4,7-9H,5-6,18H2,(H,19,20). The molecule has 0 saturated heterocycles. The van der Waals surface area contributed by atoms with Gasteiger partial charge in [-0.2, -0.15) is 0 Å². The minimum atomic E-state index is -0.740. The molecule has 2 aromatic carbocycles. The van der Waals surface area contributed by atoms with Gasteiger partial charge in [0.15, 0.2) is 0 Å². The molecule has 0 aliphatic rings. The van der Waals surface area contributed by atoms with Gasteiger partial charge in [0.05, 0.1) is 0 Å². The number of carbonyl (C=O) groups excluding carboxylic acids is 1. The number of amides is 1. The Morgan fingerprint density at radius 1 is 1.10 bits per heavy atom. The molecule has 3 N–H and O–H groups in total. The first-order chi connectivity index (χ1) is 9.60. The lowest BCUT2D eigenvalue weighted by atomic mass is 10.0. The van der Waals surface area contributed by atoms with E-state index in [0.29, 0.717) is 18.5 Å². The van der Waals surface area contributed by atoms with Gasteiger partial charge >= 0.3 is 0 Å². The molecule has 0 radical (unpaired) electrons. The molecule has 20 heavy (non-hydrogen) atoms. The Labute approximate surface area is 115 Å². The quantitative estimate of drug-likeness (QED) is 0.902. The van der Waals surface area contributed by atoms with Gasteiger partial charge < -0.3 is 11.1 Å². The highest BCUT2D eigenvalue weighted by molar-refractivity contribution is 6.05. The molecule has 0 fully saturated rings. The first kappa shape index (κ1) is 14.1. The van der Waals surface area contributed by atoms with Crippen LogP contribution in [0.5, 0.6) is 0 Å². The van der Waals surface area contributed by atoms with E-state index in [-0.39, 0.29) is 5.69 Å². The van der Waals surface area contributed by atoms with Crippen LogP contribution < -0.4 is 11.1 Å². The first-order valence-corrected chi connectivity index (χ1v) is 6.15. The van der Waals surface area contributed by atoms with Crippen LogP contribution >= 0.6 is 0 Å². The van der Waals surface area contributed by atoms with Gasteiger partial charge in [0.25, 0.3) is 5.91 Å². The molecule has 104 valence electrons. The number of hydrogen-bond donors (Lipinski definition) is 2. The Balaban J connectivity index is 2.23. The van der Waals surface area contributed by atoms with Crippen molar-refractivity contribution in [3.63, 3.8) is 0 Å². The van der Waals surface area contributed by atoms with E-state index in [4.69, 9.17) is 5.73 Å². The lowest BCUT2D eigenvalue weighted by Gasteiger charge is -2.09. The monoisotopic (exact) mass is 276 g/mol. The molecule has 0 aliphatic heterocycles. The zero-order valence-electron chi connectivity index (χ0n) is 10.7. The smallest absolute Gasteiger partial charge is 0.255 e. The minimum absolute atomic E-state index is 0.0788. The summed E-state index contributed by atoms with van der Waals surface area (Å²) in [6, 6.07) is 9.85. The third-order valence-electron chi connectivity index (χ3n) is 2.80. The van der Waals surface area contributed by atoms with Crippen molar-refractivity contribution < 1.29 is 13.6 Å². The number of benzene rings is 2. The number of carbonyl (C=O) groups is 1. The summed E-state index contributed by atoms with van der Waals surface area (Å²) in [5.74, 6) is -1.90. The van der Waals surface area contributed by atoms with Gasteiger partial charge in [-0.05, 0) is 36.7 Å². The van der Waals surface area contributed by atoms with Gasteiger partial charge in [0.1, 0.15) is 11.6 Å². The summed E-state index contributed by atoms with van der Waals surface area (Å²) in [6.45, 7) is 0.416. The molecule has 2 aromatic rings. The molecule has 0 unspecified atom stereocenters. The van der Waals surface area contributed by atoms with E-state index in [1.807, 2.05) is 6.07 Å². The van der Waals surface area contributed by atoms with Gasteiger partial charge in [0.2, 0.25) is 0 Å². The number of anilines is 1. The van der Waals surface area contributed by atoms with Gasteiger partial charge in [-0.1, -0.05) is 18.2 Å². The van der Waals surface area contributed by atoms with E-state index >= 15 is 0 Å². The van der Waals surface area contributed by atoms with E-state index in [1.54, 1.807) is 18.2 Å². The fraction of sp³-hybridized carbons (Fsp3) is 0.133. The summed E-state index contributed by atoms with van der Waals surface area (Å²) in [5.41, 5.74) is 6.81. The molecule has 2 rings (SSSR count). The Bertz CT molecular complexity index is 609. The van der Waals surface area contributed by atoms with E-state index in [2.05, 4.69) is 5.32 Å². The van der Waals surface area contributed by atoms with Crippen molar-refractivity contribution in [3.05, 3.63) is 65.2 Å². The molecular formula is C15H14F2N2O. The zero-order valence-corrected chi connectivity index (χ0v) is 10.7. The van der Waals surface area contributed by atoms with E-state index in [9.17, 15) is 13.6 Å². The van der Waals surface area contributed by atoms with Crippen molar-refractivity contribution in [1.29, 1.82) is 0 Å². The molecule has 0 heterocycles. The maximum atomic E-state index is 13.1. The zero-order chi connectivity index (χ0) is 14.5. The van der Waals surface area contributed by atoms with Gasteiger partial charge in [-0.25, -0.2) is 8.78 Å². The predicted molar refractivity (Wildman–Crippen MR) is 73.5 cm³/mol. The number of hydrogen-bond acceptors (Lipinski definition) is 2. The molecule has 0 bridgehead atoms. The number of nitrogens with two attached hydrogens (primary N) is 1. The molecule has 0 atom stereocenters. The summed E-state index contributed by atoms with van der Waals surface area (Å²) in [6.07, 6.45) is 0.557. The summed E-state index contributed by atoms with van der Waals surface area (Å²) >= 11 is 0. The normalized spacial score (nSPS) is 10.3. The molecule has 0 saturated carbocycles. The van der Waals surface area contributed by atoms with Crippen LogP contribution in [0.1, 0.15) is 15.9 Å². The lowest BCUT2D eigenvalue weighted by molar-refractivity contribution is 0.102. The predicted octanol–water partition coefficient (Wildman–Crippen LogP) is 2.72. The van der Waals surface area contributed by atoms with Crippen LogP contribution in [-0.2, 0) is 6.42 Å². The molecule has 5 heteroatoms. The highest BCUT2D eigenvalue weighted by Gasteiger charge is 2.11. The molecule has 3 nitrogen and oxygen atoms in total. The minimum Gasteiger partial charge on any atom is -0.330 e. The lowest BCUT2D eigenvalue weighted by Crippen LogP contribution is -2.16. The molecule has 0 aliphatic carbocycles. The summed E-state index contributed by atoms with van der Waals surface area (Å²) in [5, 5.41) is 2.48. The third-order valence-corrected chi connectivity index (χ3v) is 2.80. The fourth-order valence-electron chi connectivity index (χ4n) is 1.94. The Hall–Kier alpha value is -2.27. The van der Waals surface area contributed by atoms with Crippen molar-refractivity contribution in [1.82, 2.24) is 0 Å². The van der Waals surface area contributed by atoms with Gasteiger partial charge in [0, 0.05) is 17.3 Å². The topological polar surface area (TPSA) is 55.1 Å². The Morgan fingerprint density at radius 3 is 2.40 bits per heavy atom. The fourth-order valence-corrected chi connectivity index (χ4v) is 1.94. The average molecular weight is 276 g/mol. The number of nitrogens with one attached hydrogen (secondary N) is 1. The summed E-state index contributed by atoms with van der Waals surface area (Å²) < 4.78 is 26.1. The molecule has 1 amide bonds. The van der Waals surface area contributed by atoms with Crippen molar-refractivity contribution in [2.24, 2.45) is 5.73 Å². The second-order valence-electron chi connectivity index (χ2n) is 4.31. The van der Waals surface area contributed by atoms with Crippen LogP contribution in [0.2, 0.25) is 0 Å². The largest absolute Gasteiger partial charge is 0.330 e. The summed E-state index contributed by atoms with van der Waals surface area (Å²) in [4.78, 5) is 12.1. The van der Waals surface area contributed by atoms with Crippen molar-refractivity contribution in [2.75, 3.05) is 11.9 Å². The number of rotatable bonds is 4. The van der Waals surface area contributed by atoms with Crippen LogP contribution in [0, 0.1) is 11.6 Å². The van der Waals surface area contributed by atoms with E-state index in [0.717, 1.165) is 23.8 Å². The Morgan fingerprint density at radius 2 is 1.75 bits per heavy atom. The van der Waals surface area contributed by atoms with Crippen molar-refractivity contribution in [3.8, 4) is 0 Å². The van der Waals surface area contributed by atoms with Crippen LogP contribution in [0.3, 0.4) is 0 Å². The van der Waals surface area contributed by atoms with E-state index in [1.165, 1.54) is 0 Å². The van der Waals surface area contributed by atoms with Crippen LogP contribution in [-0.4, -0.2) is 12.5 Å². The second kappa shape index (κ2) is 6.25. The Kier molecular flexibility index (Phi) is 4.42. The molecule has 0 aromatic heterocycles. The number of halogens is 2. The maximum Gasteiger partial charge on any atom is 0.255 e. The first-order valence-electron chi connectivity index (χ1n) is 6.15. The van der Waals surface area contributed by atoms with Crippen LogP contribution in [0.15, 0.2) is 42.5 Å². The second-order valence-corrected chi connectivity index (χ2v) is 4.31. The SMILES string of the molecule is NCCc1ccccc1C(=O)Nc1cc(F)cc(F)c1. The molecular weight excluding hydrogens is 262 g/mol. The van der Waals surface area contributed by atoms with Crippen molar-refractivity contribution >= 4 is 11.6 Å². The van der Waals surface area contributed by atoms with Gasteiger partial charge in [-0.15, -0.1) is 0 Å². The third kappa shape index (κ3) is 3.39. The van der Waals surface area contributed by atoms with E-state index < -0.39 is 17.5 Å². The molecule has 0 spiro atoms. The highest BCUT2D eigenvalue weighted by atomic mass is 19.1. The van der Waals surface area contributed by atoms with Gasteiger partial charge in [-0.3, -0.25) is 4.79 Å².